The molecular weight excluding hydrogens is 222 g/mol. The lowest BCUT2D eigenvalue weighted by Gasteiger charge is -2.27. The van der Waals surface area contributed by atoms with Gasteiger partial charge in [-0.15, -0.1) is 0 Å². The fourth-order valence-electron chi connectivity index (χ4n) is 3.00. The van der Waals surface area contributed by atoms with Gasteiger partial charge >= 0.3 is 0 Å². The Kier molecular flexibility index (Phi) is 3.98. The van der Waals surface area contributed by atoms with Crippen molar-refractivity contribution in [3.05, 3.63) is 35.4 Å². The van der Waals surface area contributed by atoms with Gasteiger partial charge in [0.05, 0.1) is 6.54 Å². The van der Waals surface area contributed by atoms with Gasteiger partial charge in [0.25, 0.3) is 0 Å². The Labute approximate surface area is 109 Å². The molecular formula is C16H21NO. The average molecular weight is 243 g/mol. The van der Waals surface area contributed by atoms with E-state index >= 15 is 0 Å². The van der Waals surface area contributed by atoms with Crippen LogP contribution in [0.15, 0.2) is 29.3 Å². The molecule has 0 radical (unpaired) electrons. The highest BCUT2D eigenvalue weighted by molar-refractivity contribution is 5.36. The third kappa shape index (κ3) is 2.54. The number of aliphatic imine (C=N–C) groups is 1. The van der Waals surface area contributed by atoms with E-state index in [1.807, 2.05) is 0 Å². The second kappa shape index (κ2) is 5.49. The lowest BCUT2D eigenvalue weighted by Crippen LogP contribution is -2.25. The third-order valence-corrected chi connectivity index (χ3v) is 4.20. The normalized spacial score (nSPS) is 17.7. The maximum Gasteiger partial charge on any atom is 0.234 e. The van der Waals surface area contributed by atoms with Crippen molar-refractivity contribution in [2.75, 3.05) is 6.54 Å². The maximum absolute atomic E-state index is 10.4. The van der Waals surface area contributed by atoms with Gasteiger partial charge in [-0.2, -0.15) is 0 Å². The number of nitrogens with zero attached hydrogens (tertiary/aromatic N) is 1. The number of hydrogen-bond acceptors (Lipinski definition) is 2. The quantitative estimate of drug-likeness (QED) is 0.581. The largest absolute Gasteiger partial charge is 0.234 e. The van der Waals surface area contributed by atoms with Crippen LogP contribution in [0.5, 0.6) is 0 Å². The van der Waals surface area contributed by atoms with Gasteiger partial charge in [-0.05, 0) is 29.9 Å². The minimum atomic E-state index is 0.0902. The van der Waals surface area contributed by atoms with Crippen LogP contribution in [0.2, 0.25) is 0 Å². The first-order chi connectivity index (χ1) is 8.68. The number of hydrogen-bond donors (Lipinski definition) is 0. The van der Waals surface area contributed by atoms with Crippen molar-refractivity contribution in [3.8, 4) is 0 Å². The molecule has 0 aromatic heterocycles. The predicted octanol–water partition coefficient (Wildman–Crippen LogP) is 3.96. The lowest BCUT2D eigenvalue weighted by molar-refractivity contribution is 0.451. The third-order valence-electron chi connectivity index (χ3n) is 4.20. The Morgan fingerprint density at radius 2 is 1.83 bits per heavy atom. The minimum absolute atomic E-state index is 0.0902. The van der Waals surface area contributed by atoms with Gasteiger partial charge < -0.3 is 0 Å². The Balaban J connectivity index is 2.28. The highest BCUT2D eigenvalue weighted by Gasteiger charge is 2.35. The van der Waals surface area contributed by atoms with E-state index in [-0.39, 0.29) is 5.41 Å². The summed E-state index contributed by atoms with van der Waals surface area (Å²) in [7, 11) is 0. The van der Waals surface area contributed by atoms with Crippen molar-refractivity contribution in [1.29, 1.82) is 0 Å². The van der Waals surface area contributed by atoms with E-state index in [9.17, 15) is 4.79 Å². The van der Waals surface area contributed by atoms with Gasteiger partial charge in [0.1, 0.15) is 0 Å². The molecule has 18 heavy (non-hydrogen) atoms. The number of rotatable bonds is 4. The summed E-state index contributed by atoms with van der Waals surface area (Å²) in [5.74, 6) is 0.562. The van der Waals surface area contributed by atoms with E-state index in [4.69, 9.17) is 0 Å². The summed E-state index contributed by atoms with van der Waals surface area (Å²) >= 11 is 0. The van der Waals surface area contributed by atoms with Crippen molar-refractivity contribution in [3.63, 3.8) is 0 Å². The van der Waals surface area contributed by atoms with Gasteiger partial charge in [-0.25, -0.2) is 9.79 Å². The predicted molar refractivity (Wildman–Crippen MR) is 73.7 cm³/mol. The van der Waals surface area contributed by atoms with Gasteiger partial charge in [-0.3, -0.25) is 0 Å². The van der Waals surface area contributed by atoms with Gasteiger partial charge in [0.2, 0.25) is 6.08 Å². The molecule has 2 heteroatoms. The van der Waals surface area contributed by atoms with Crippen molar-refractivity contribution in [1.82, 2.24) is 0 Å². The molecule has 1 aromatic rings. The van der Waals surface area contributed by atoms with E-state index in [0.29, 0.717) is 12.5 Å². The highest BCUT2D eigenvalue weighted by Crippen LogP contribution is 2.41. The summed E-state index contributed by atoms with van der Waals surface area (Å²) < 4.78 is 0. The van der Waals surface area contributed by atoms with Crippen LogP contribution in [0.4, 0.5) is 0 Å². The van der Waals surface area contributed by atoms with E-state index in [1.54, 1.807) is 6.08 Å². The number of carbonyl (C=O) groups excluding carboxylic acids is 1. The molecule has 0 saturated heterocycles. The molecule has 0 N–H and O–H groups in total. The molecule has 0 bridgehead atoms. The average Bonchev–Trinajstić information content (AvgIpc) is 2.86. The van der Waals surface area contributed by atoms with Crippen LogP contribution < -0.4 is 0 Å². The van der Waals surface area contributed by atoms with Crippen LogP contribution in [0.1, 0.15) is 56.6 Å². The molecule has 0 spiro atoms. The van der Waals surface area contributed by atoms with E-state index < -0.39 is 0 Å². The molecule has 96 valence electrons. The summed E-state index contributed by atoms with van der Waals surface area (Å²) in [6.45, 7) is 5.01. The Hall–Kier alpha value is -1.40. The van der Waals surface area contributed by atoms with Crippen molar-refractivity contribution in [2.24, 2.45) is 4.99 Å². The first-order valence-corrected chi connectivity index (χ1v) is 6.82. The van der Waals surface area contributed by atoms with Gasteiger partial charge in [0.15, 0.2) is 0 Å². The Morgan fingerprint density at radius 1 is 1.22 bits per heavy atom. The number of isocyanates is 1. The summed E-state index contributed by atoms with van der Waals surface area (Å²) in [5, 5.41) is 0. The summed E-state index contributed by atoms with van der Waals surface area (Å²) in [6, 6.07) is 8.87. The molecule has 2 rings (SSSR count). The summed E-state index contributed by atoms with van der Waals surface area (Å²) in [4.78, 5) is 14.2. The van der Waals surface area contributed by atoms with Crippen molar-refractivity contribution < 1.29 is 4.79 Å². The van der Waals surface area contributed by atoms with Crippen LogP contribution in [-0.2, 0) is 10.2 Å². The molecule has 1 fully saturated rings. The fraction of sp³-hybridized carbons (Fsp3) is 0.562. The maximum atomic E-state index is 10.4. The molecule has 1 aliphatic carbocycles. The van der Waals surface area contributed by atoms with Crippen LogP contribution >= 0.6 is 0 Å². The molecule has 0 atom stereocenters. The number of benzene rings is 1. The molecule has 1 aromatic carbocycles. The van der Waals surface area contributed by atoms with Crippen LogP contribution in [0.3, 0.4) is 0 Å². The summed E-state index contributed by atoms with van der Waals surface area (Å²) in [6.07, 6.45) is 6.44. The lowest BCUT2D eigenvalue weighted by atomic mass is 9.78. The van der Waals surface area contributed by atoms with Gasteiger partial charge in [0, 0.05) is 5.41 Å². The monoisotopic (exact) mass is 243 g/mol. The van der Waals surface area contributed by atoms with E-state index in [1.165, 1.54) is 24.0 Å². The van der Waals surface area contributed by atoms with E-state index in [2.05, 4.69) is 43.1 Å². The van der Waals surface area contributed by atoms with Crippen molar-refractivity contribution in [2.45, 2.75) is 50.9 Å². The highest BCUT2D eigenvalue weighted by atomic mass is 16.1. The zero-order valence-electron chi connectivity index (χ0n) is 11.3. The SMILES string of the molecule is CC(C)c1ccc(C2(CN=C=O)CCCC2)cc1. The first kappa shape index (κ1) is 13.0. The molecule has 1 aliphatic rings. The van der Waals surface area contributed by atoms with Crippen LogP contribution in [0, 0.1) is 0 Å². The second-order valence-corrected chi connectivity index (χ2v) is 5.67. The Morgan fingerprint density at radius 3 is 2.33 bits per heavy atom. The second-order valence-electron chi connectivity index (χ2n) is 5.67. The van der Waals surface area contributed by atoms with Crippen LogP contribution in [0.25, 0.3) is 0 Å². The minimum Gasteiger partial charge on any atom is -0.211 e. The molecule has 0 unspecified atom stereocenters. The molecule has 0 amide bonds. The molecule has 2 nitrogen and oxygen atoms in total. The topological polar surface area (TPSA) is 29.4 Å². The van der Waals surface area contributed by atoms with E-state index in [0.717, 1.165) is 12.8 Å². The zero-order valence-corrected chi connectivity index (χ0v) is 11.3. The molecule has 1 saturated carbocycles. The molecule has 0 aliphatic heterocycles. The van der Waals surface area contributed by atoms with Crippen molar-refractivity contribution >= 4 is 6.08 Å². The standard InChI is InChI=1S/C16H21NO/c1-13(2)14-5-7-15(8-6-14)16(11-17-12-18)9-3-4-10-16/h5-8,13H,3-4,9-11H2,1-2H3. The van der Waals surface area contributed by atoms with Gasteiger partial charge in [-0.1, -0.05) is 51.0 Å². The summed E-state index contributed by atoms with van der Waals surface area (Å²) in [5.41, 5.74) is 2.79. The molecule has 0 heterocycles. The smallest absolute Gasteiger partial charge is 0.211 e. The fourth-order valence-corrected chi connectivity index (χ4v) is 3.00. The van der Waals surface area contributed by atoms with Crippen LogP contribution in [-0.4, -0.2) is 12.6 Å². The zero-order chi connectivity index (χ0) is 13.0. The first-order valence-electron chi connectivity index (χ1n) is 6.82. The Bertz CT molecular complexity index is 435.